The van der Waals surface area contributed by atoms with Crippen molar-refractivity contribution in [3.05, 3.63) is 17.1 Å². The van der Waals surface area contributed by atoms with Crippen molar-refractivity contribution in [2.75, 3.05) is 5.32 Å². The Morgan fingerprint density at radius 1 is 1.11 bits per heavy atom. The average molecular weight is 247 g/mol. The number of aliphatic hydroxyl groups excluding tert-OH is 1. The van der Waals surface area contributed by atoms with Gasteiger partial charge < -0.3 is 10.4 Å². The predicted molar refractivity (Wildman–Crippen MR) is 70.7 cm³/mol. The zero-order chi connectivity index (χ0) is 12.5. The van der Waals surface area contributed by atoms with E-state index in [1.54, 1.807) is 0 Å². The summed E-state index contributed by atoms with van der Waals surface area (Å²) in [5.41, 5.74) is 2.50. The number of aryl methyl sites for hydroxylation is 2. The molecule has 1 fully saturated rings. The summed E-state index contributed by atoms with van der Waals surface area (Å²) in [5, 5.41) is 13.4. The van der Waals surface area contributed by atoms with Crippen molar-refractivity contribution in [1.29, 1.82) is 0 Å². The molecular formula is C14H21N3O. The zero-order valence-electron chi connectivity index (χ0n) is 10.9. The van der Waals surface area contributed by atoms with Gasteiger partial charge in [-0.1, -0.05) is 0 Å². The van der Waals surface area contributed by atoms with E-state index in [1.807, 2.05) is 6.92 Å². The summed E-state index contributed by atoms with van der Waals surface area (Å²) in [6.45, 7) is 1.95. The SMILES string of the molecule is Cc1nc2c(c(NC3CCCC3O)n1)CCCC2. The van der Waals surface area contributed by atoms with E-state index in [0.717, 1.165) is 43.7 Å². The molecule has 4 heteroatoms. The van der Waals surface area contributed by atoms with E-state index >= 15 is 0 Å². The van der Waals surface area contributed by atoms with Crippen molar-refractivity contribution in [1.82, 2.24) is 9.97 Å². The lowest BCUT2D eigenvalue weighted by Crippen LogP contribution is -2.29. The van der Waals surface area contributed by atoms with Gasteiger partial charge >= 0.3 is 0 Å². The second kappa shape index (κ2) is 4.84. The summed E-state index contributed by atoms with van der Waals surface area (Å²) in [6.07, 6.45) is 7.42. The minimum absolute atomic E-state index is 0.172. The van der Waals surface area contributed by atoms with Crippen LogP contribution in [-0.4, -0.2) is 27.2 Å². The third kappa shape index (κ3) is 2.21. The summed E-state index contributed by atoms with van der Waals surface area (Å²) in [5.74, 6) is 1.81. The lowest BCUT2D eigenvalue weighted by Gasteiger charge is -2.23. The summed E-state index contributed by atoms with van der Waals surface area (Å²) < 4.78 is 0. The number of fused-ring (bicyclic) bond motifs is 1. The van der Waals surface area contributed by atoms with Crippen LogP contribution in [0.2, 0.25) is 0 Å². The minimum atomic E-state index is -0.223. The molecule has 2 N–H and O–H groups in total. The number of hydrogen-bond acceptors (Lipinski definition) is 4. The highest BCUT2D eigenvalue weighted by Crippen LogP contribution is 2.28. The molecule has 2 aliphatic rings. The van der Waals surface area contributed by atoms with Gasteiger partial charge in [0.1, 0.15) is 11.6 Å². The van der Waals surface area contributed by atoms with E-state index < -0.39 is 0 Å². The predicted octanol–water partition coefficient (Wildman–Crippen LogP) is 1.99. The molecule has 0 bridgehead atoms. The van der Waals surface area contributed by atoms with Gasteiger partial charge in [-0.25, -0.2) is 9.97 Å². The Balaban J connectivity index is 1.88. The van der Waals surface area contributed by atoms with Crippen LogP contribution in [0.4, 0.5) is 5.82 Å². The quantitative estimate of drug-likeness (QED) is 0.839. The summed E-state index contributed by atoms with van der Waals surface area (Å²) in [4.78, 5) is 9.11. The van der Waals surface area contributed by atoms with Crippen LogP contribution in [0.15, 0.2) is 0 Å². The van der Waals surface area contributed by atoms with Crippen LogP contribution in [0.3, 0.4) is 0 Å². The molecule has 18 heavy (non-hydrogen) atoms. The monoisotopic (exact) mass is 247 g/mol. The summed E-state index contributed by atoms with van der Waals surface area (Å²) in [6, 6.07) is 0.172. The van der Waals surface area contributed by atoms with Gasteiger partial charge in [0.25, 0.3) is 0 Å². The molecule has 2 unspecified atom stereocenters. The van der Waals surface area contributed by atoms with Crippen molar-refractivity contribution in [2.45, 2.75) is 64.0 Å². The van der Waals surface area contributed by atoms with Crippen molar-refractivity contribution in [2.24, 2.45) is 0 Å². The van der Waals surface area contributed by atoms with Crippen molar-refractivity contribution in [3.8, 4) is 0 Å². The first-order valence-electron chi connectivity index (χ1n) is 7.05. The number of rotatable bonds is 2. The number of nitrogens with one attached hydrogen (secondary N) is 1. The van der Waals surface area contributed by atoms with Gasteiger partial charge in [0.15, 0.2) is 0 Å². The van der Waals surface area contributed by atoms with Crippen LogP contribution in [0, 0.1) is 6.92 Å². The molecule has 1 aromatic rings. The fourth-order valence-electron chi connectivity index (χ4n) is 3.12. The van der Waals surface area contributed by atoms with Gasteiger partial charge in [0.2, 0.25) is 0 Å². The van der Waals surface area contributed by atoms with E-state index in [9.17, 15) is 5.11 Å². The van der Waals surface area contributed by atoms with E-state index in [-0.39, 0.29) is 12.1 Å². The Labute approximate surface area is 108 Å². The maximum Gasteiger partial charge on any atom is 0.133 e. The molecule has 0 aliphatic heterocycles. The molecule has 1 saturated carbocycles. The lowest BCUT2D eigenvalue weighted by molar-refractivity contribution is 0.171. The first-order valence-corrected chi connectivity index (χ1v) is 7.05. The molecule has 0 aromatic carbocycles. The highest BCUT2D eigenvalue weighted by atomic mass is 16.3. The molecule has 0 radical (unpaired) electrons. The molecule has 0 saturated heterocycles. The fraction of sp³-hybridized carbons (Fsp3) is 0.714. The Morgan fingerprint density at radius 2 is 1.94 bits per heavy atom. The molecule has 3 rings (SSSR count). The van der Waals surface area contributed by atoms with Crippen molar-refractivity contribution >= 4 is 5.82 Å². The standard InChI is InChI=1S/C14H21N3O/c1-9-15-11-6-3-2-5-10(11)14(16-9)17-12-7-4-8-13(12)18/h12-13,18H,2-8H2,1H3,(H,15,16,17). The first-order chi connectivity index (χ1) is 8.74. The van der Waals surface area contributed by atoms with Gasteiger partial charge in [-0.15, -0.1) is 0 Å². The van der Waals surface area contributed by atoms with E-state index in [0.29, 0.717) is 0 Å². The molecule has 0 amide bonds. The van der Waals surface area contributed by atoms with Gasteiger partial charge in [-0.3, -0.25) is 0 Å². The Morgan fingerprint density at radius 3 is 2.72 bits per heavy atom. The summed E-state index contributed by atoms with van der Waals surface area (Å²) in [7, 11) is 0. The van der Waals surface area contributed by atoms with E-state index in [4.69, 9.17) is 0 Å². The molecular weight excluding hydrogens is 226 g/mol. The maximum absolute atomic E-state index is 9.92. The van der Waals surface area contributed by atoms with Crippen LogP contribution >= 0.6 is 0 Å². The minimum Gasteiger partial charge on any atom is -0.391 e. The topological polar surface area (TPSA) is 58.0 Å². The van der Waals surface area contributed by atoms with Gasteiger partial charge in [-0.2, -0.15) is 0 Å². The van der Waals surface area contributed by atoms with Crippen LogP contribution < -0.4 is 5.32 Å². The van der Waals surface area contributed by atoms with Crippen LogP contribution in [0.5, 0.6) is 0 Å². The van der Waals surface area contributed by atoms with E-state index in [2.05, 4.69) is 15.3 Å². The number of aromatic nitrogens is 2. The first kappa shape index (κ1) is 11.9. The molecule has 2 aliphatic carbocycles. The third-order valence-electron chi connectivity index (χ3n) is 4.10. The Bertz CT molecular complexity index is 447. The van der Waals surface area contributed by atoms with Crippen LogP contribution in [0.1, 0.15) is 49.2 Å². The highest BCUT2D eigenvalue weighted by molar-refractivity contribution is 5.48. The number of anilines is 1. The lowest BCUT2D eigenvalue weighted by atomic mass is 9.96. The second-order valence-electron chi connectivity index (χ2n) is 5.50. The smallest absolute Gasteiger partial charge is 0.133 e. The van der Waals surface area contributed by atoms with Crippen LogP contribution in [-0.2, 0) is 12.8 Å². The third-order valence-corrected chi connectivity index (χ3v) is 4.10. The maximum atomic E-state index is 9.92. The molecule has 1 heterocycles. The molecule has 2 atom stereocenters. The molecule has 98 valence electrons. The highest BCUT2D eigenvalue weighted by Gasteiger charge is 2.27. The second-order valence-corrected chi connectivity index (χ2v) is 5.50. The van der Waals surface area contributed by atoms with E-state index in [1.165, 1.54) is 24.1 Å². The Hall–Kier alpha value is -1.16. The van der Waals surface area contributed by atoms with Crippen molar-refractivity contribution in [3.63, 3.8) is 0 Å². The van der Waals surface area contributed by atoms with Crippen molar-refractivity contribution < 1.29 is 5.11 Å². The van der Waals surface area contributed by atoms with Gasteiger partial charge in [-0.05, 0) is 51.9 Å². The number of nitrogens with zero attached hydrogens (tertiary/aromatic N) is 2. The summed E-state index contributed by atoms with van der Waals surface area (Å²) >= 11 is 0. The Kier molecular flexibility index (Phi) is 3.20. The largest absolute Gasteiger partial charge is 0.391 e. The molecule has 1 aromatic heterocycles. The zero-order valence-corrected chi connectivity index (χ0v) is 10.9. The normalized spacial score (nSPS) is 27.0. The molecule has 0 spiro atoms. The van der Waals surface area contributed by atoms with Gasteiger partial charge in [0, 0.05) is 11.3 Å². The van der Waals surface area contributed by atoms with Crippen LogP contribution in [0.25, 0.3) is 0 Å². The number of hydrogen-bond donors (Lipinski definition) is 2. The number of aliphatic hydroxyl groups is 1. The average Bonchev–Trinajstić information content (AvgIpc) is 2.75. The van der Waals surface area contributed by atoms with Gasteiger partial charge in [0.05, 0.1) is 12.1 Å². The fourth-order valence-corrected chi connectivity index (χ4v) is 3.12. The molecule has 4 nitrogen and oxygen atoms in total.